The van der Waals surface area contributed by atoms with Crippen molar-refractivity contribution >= 4 is 45.0 Å². The molecule has 3 aliphatic carbocycles. The number of anilines is 2. The first-order chi connectivity index (χ1) is 17.7. The minimum absolute atomic E-state index is 0.0115. The number of hydrogen-bond donors (Lipinski definition) is 8. The van der Waals surface area contributed by atoms with Gasteiger partial charge in [-0.2, -0.15) is 8.42 Å². The van der Waals surface area contributed by atoms with E-state index < -0.39 is 74.2 Å². The summed E-state index contributed by atoms with van der Waals surface area (Å²) in [5.74, 6) is -6.95. The van der Waals surface area contributed by atoms with Crippen molar-refractivity contribution < 1.29 is 52.3 Å². The summed E-state index contributed by atoms with van der Waals surface area (Å²) in [7, 11) is 1.98. The number of amides is 1. The Kier molecular flexibility index (Phi) is 7.50. The first-order valence-electron chi connectivity index (χ1n) is 11.4. The highest BCUT2D eigenvalue weighted by atomic mass is 32.3. The molecule has 0 aromatic heterocycles. The second-order valence-corrected chi connectivity index (χ2v) is 10.9. The third-order valence-corrected chi connectivity index (χ3v) is 7.21. The van der Waals surface area contributed by atoms with Crippen LogP contribution in [-0.2, 0) is 31.2 Å². The smallest absolute Gasteiger partial charge is 0.394 e. The predicted octanol–water partition coefficient (Wildman–Crippen LogP) is -1.04. The monoisotopic (exact) mass is 570 g/mol. The van der Waals surface area contributed by atoms with E-state index in [1.54, 1.807) is 39.2 Å². The van der Waals surface area contributed by atoms with Crippen molar-refractivity contribution in [3.63, 3.8) is 0 Å². The largest absolute Gasteiger partial charge is 0.508 e. The second-order valence-electron chi connectivity index (χ2n) is 9.99. The van der Waals surface area contributed by atoms with Crippen LogP contribution in [0, 0.1) is 11.8 Å². The van der Waals surface area contributed by atoms with E-state index >= 15 is 0 Å². The Bertz CT molecular complexity index is 1440. The van der Waals surface area contributed by atoms with Crippen LogP contribution in [0.3, 0.4) is 0 Å². The number of Topliss-reactive ketones (excluding diaryl/α,β-unsaturated/α-hetero) is 2. The number of fused-ring (bicyclic) bond motifs is 3. The van der Waals surface area contributed by atoms with Crippen molar-refractivity contribution in [3.8, 4) is 5.75 Å². The Labute approximate surface area is 223 Å². The molecular formula is C23H30N4O11S. The molecule has 4 unspecified atom stereocenters. The fraction of sp³-hybridized carbons (Fsp3) is 0.435. The molecule has 0 radical (unpaired) electrons. The van der Waals surface area contributed by atoms with Gasteiger partial charge in [0.15, 0.2) is 11.4 Å². The van der Waals surface area contributed by atoms with Crippen molar-refractivity contribution in [3.05, 3.63) is 34.1 Å². The van der Waals surface area contributed by atoms with Gasteiger partial charge in [0.25, 0.3) is 5.91 Å². The van der Waals surface area contributed by atoms with Crippen LogP contribution in [-0.4, -0.2) is 100 Å². The van der Waals surface area contributed by atoms with E-state index in [-0.39, 0.29) is 29.7 Å². The maximum absolute atomic E-state index is 13.7. The Balaban J connectivity index is 0.000000771. The fourth-order valence-electron chi connectivity index (χ4n) is 5.71. The second kappa shape index (κ2) is 9.80. The van der Waals surface area contributed by atoms with Gasteiger partial charge in [0.05, 0.1) is 17.3 Å². The summed E-state index contributed by atoms with van der Waals surface area (Å²) in [6.45, 7) is 0. The number of phenols is 1. The van der Waals surface area contributed by atoms with Crippen LogP contribution in [0.2, 0.25) is 0 Å². The summed E-state index contributed by atoms with van der Waals surface area (Å²) in [6.07, 6.45) is 0.236. The zero-order valence-corrected chi connectivity index (χ0v) is 22.2. The maximum Gasteiger partial charge on any atom is 0.394 e. The fourth-order valence-corrected chi connectivity index (χ4v) is 5.71. The zero-order chi connectivity index (χ0) is 29.9. The highest BCUT2D eigenvalue weighted by molar-refractivity contribution is 7.79. The average Bonchev–Trinajstić information content (AvgIpc) is 2.76. The molecule has 1 amide bonds. The molecular weight excluding hydrogens is 540 g/mol. The van der Waals surface area contributed by atoms with Crippen molar-refractivity contribution in [2.75, 3.05) is 38.8 Å². The maximum atomic E-state index is 13.7. The Hall–Kier alpha value is -3.70. The molecule has 0 saturated heterocycles. The molecule has 4 rings (SSSR count). The van der Waals surface area contributed by atoms with Crippen LogP contribution in [0.1, 0.15) is 17.5 Å². The van der Waals surface area contributed by atoms with Gasteiger partial charge in [0.1, 0.15) is 22.8 Å². The van der Waals surface area contributed by atoms with E-state index in [0.29, 0.717) is 11.3 Å². The minimum atomic E-state index is -4.67. The summed E-state index contributed by atoms with van der Waals surface area (Å²) >= 11 is 0. The molecule has 39 heavy (non-hydrogen) atoms. The zero-order valence-electron chi connectivity index (χ0n) is 21.4. The molecule has 0 spiro atoms. The van der Waals surface area contributed by atoms with Crippen molar-refractivity contribution in [2.24, 2.45) is 17.6 Å². The van der Waals surface area contributed by atoms with E-state index in [9.17, 15) is 34.8 Å². The van der Waals surface area contributed by atoms with Gasteiger partial charge in [-0.3, -0.25) is 28.4 Å². The highest BCUT2D eigenvalue weighted by Crippen LogP contribution is 2.54. The van der Waals surface area contributed by atoms with E-state index in [2.05, 4.69) is 0 Å². The average molecular weight is 571 g/mol. The van der Waals surface area contributed by atoms with Crippen LogP contribution in [0.4, 0.5) is 11.4 Å². The molecule has 1 aromatic rings. The number of benzene rings is 1. The summed E-state index contributed by atoms with van der Waals surface area (Å²) in [5, 5.41) is 44.2. The van der Waals surface area contributed by atoms with E-state index in [0.717, 1.165) is 0 Å². The molecule has 3 aliphatic rings. The topological polar surface area (TPSA) is 265 Å². The number of phenolic OH excluding ortho intramolecular Hbond substituents is 1. The van der Waals surface area contributed by atoms with Gasteiger partial charge in [-0.05, 0) is 44.5 Å². The van der Waals surface area contributed by atoms with Gasteiger partial charge < -0.3 is 36.8 Å². The third kappa shape index (κ3) is 4.80. The summed E-state index contributed by atoms with van der Waals surface area (Å²) < 4.78 is 31.6. The van der Waals surface area contributed by atoms with Crippen molar-refractivity contribution in [2.45, 2.75) is 24.5 Å². The first-order valence-corrected chi connectivity index (χ1v) is 12.8. The van der Waals surface area contributed by atoms with E-state index in [1.807, 2.05) is 0 Å². The number of ketones is 2. The molecule has 1 aromatic carbocycles. The minimum Gasteiger partial charge on any atom is -0.508 e. The Morgan fingerprint density at radius 1 is 1.10 bits per heavy atom. The number of carbonyl (C=O) groups is 3. The number of carbonyl (C=O) groups excluding carboxylic acids is 3. The molecule has 15 nitrogen and oxygen atoms in total. The number of nitrogens with two attached hydrogens (primary N) is 2. The standard InChI is InChI=1S/C23H28N4O7.H2O4S/c1-26(2)12-7-11(24)17(28)14-9(12)5-8-6-10-16(27(3)4)19(30)15(22(25)33)21(32)23(10,34)20(31)13(8)18(14)29;1-5(2,3)4/h7-8,10,16,28-29,32,34H,5-6,24H2,1-4H3,(H2,25,33);(H2,1,2,3,4). The lowest BCUT2D eigenvalue weighted by molar-refractivity contribution is -0.153. The molecule has 0 aliphatic heterocycles. The SMILES string of the molecule is CN(C)c1cc(N)c(O)c2c1CC1CC3C(N(C)C)C(=O)C(C(N)=O)=C(O)C3(O)C(=O)C1=C2O.O=S(=O)(O)O. The van der Waals surface area contributed by atoms with Crippen LogP contribution in [0.25, 0.3) is 5.76 Å². The predicted molar refractivity (Wildman–Crippen MR) is 137 cm³/mol. The quantitative estimate of drug-likeness (QED) is 0.0934. The molecule has 10 N–H and O–H groups in total. The lowest BCUT2D eigenvalue weighted by Crippen LogP contribution is -2.65. The van der Waals surface area contributed by atoms with Gasteiger partial charge in [-0.1, -0.05) is 0 Å². The van der Waals surface area contributed by atoms with Crippen molar-refractivity contribution in [1.29, 1.82) is 0 Å². The van der Waals surface area contributed by atoms with Gasteiger partial charge >= 0.3 is 10.4 Å². The van der Waals surface area contributed by atoms with Gasteiger partial charge in [-0.15, -0.1) is 0 Å². The van der Waals surface area contributed by atoms with Crippen LogP contribution in [0.5, 0.6) is 5.75 Å². The lowest BCUT2D eigenvalue weighted by Gasteiger charge is -2.50. The number of rotatable bonds is 3. The van der Waals surface area contributed by atoms with Gasteiger partial charge in [-0.25, -0.2) is 0 Å². The molecule has 1 saturated carbocycles. The summed E-state index contributed by atoms with van der Waals surface area (Å²) in [6, 6.07) is 0.444. The third-order valence-electron chi connectivity index (χ3n) is 7.21. The summed E-state index contributed by atoms with van der Waals surface area (Å²) in [5.41, 5.74) is 8.68. The van der Waals surface area contributed by atoms with E-state index in [1.165, 1.54) is 4.90 Å². The molecule has 1 fully saturated rings. The first kappa shape index (κ1) is 29.9. The molecule has 16 heteroatoms. The van der Waals surface area contributed by atoms with Crippen LogP contribution < -0.4 is 16.4 Å². The highest BCUT2D eigenvalue weighted by Gasteiger charge is 2.64. The van der Waals surface area contributed by atoms with Crippen LogP contribution in [0.15, 0.2) is 23.0 Å². The Morgan fingerprint density at radius 2 is 1.64 bits per heavy atom. The molecule has 0 bridgehead atoms. The number of likely N-dealkylation sites (N-methyl/N-ethyl adjacent to an activating group) is 1. The normalized spacial score (nSPS) is 26.4. The lowest BCUT2D eigenvalue weighted by atomic mass is 9.57. The van der Waals surface area contributed by atoms with Crippen LogP contribution >= 0.6 is 0 Å². The number of aromatic hydroxyl groups is 1. The number of nitrogens with zero attached hydrogens (tertiary/aromatic N) is 2. The number of hydrogen-bond acceptors (Lipinski definition) is 12. The van der Waals surface area contributed by atoms with E-state index in [4.69, 9.17) is 29.0 Å². The molecule has 214 valence electrons. The Morgan fingerprint density at radius 3 is 2.10 bits per heavy atom. The number of primary amides is 1. The molecule has 4 atom stereocenters. The summed E-state index contributed by atoms with van der Waals surface area (Å²) in [4.78, 5) is 42.0. The van der Waals surface area contributed by atoms with Gasteiger partial charge in [0.2, 0.25) is 5.78 Å². The van der Waals surface area contributed by atoms with Crippen molar-refractivity contribution in [1.82, 2.24) is 4.90 Å². The molecule has 0 heterocycles. The number of nitrogen functional groups attached to an aromatic ring is 1. The number of aliphatic hydroxyl groups excluding tert-OH is 2. The van der Waals surface area contributed by atoms with Gasteiger partial charge in [0, 0.05) is 31.3 Å². The number of aliphatic hydroxyl groups is 3.